The second-order valence-electron chi connectivity index (χ2n) is 5.59. The number of esters is 1. The van der Waals surface area contributed by atoms with Crippen LogP contribution in [-0.4, -0.2) is 35.4 Å². The van der Waals surface area contributed by atoms with E-state index in [-0.39, 0.29) is 25.1 Å². The van der Waals surface area contributed by atoms with Crippen LogP contribution in [0.2, 0.25) is 0 Å². The molecule has 0 radical (unpaired) electrons. The summed E-state index contributed by atoms with van der Waals surface area (Å²) >= 11 is 0. The molecule has 2 rings (SSSR count). The lowest BCUT2D eigenvalue weighted by Crippen LogP contribution is -2.35. The molecule has 0 spiro atoms. The maximum atomic E-state index is 12.5. The van der Waals surface area contributed by atoms with Crippen LogP contribution in [0.4, 0.5) is 0 Å². The molecule has 1 heterocycles. The van der Waals surface area contributed by atoms with Crippen molar-refractivity contribution in [2.24, 2.45) is 5.73 Å². The van der Waals surface area contributed by atoms with Crippen molar-refractivity contribution < 1.29 is 19.1 Å². The number of nitrogens with one attached hydrogen (secondary N) is 1. The lowest BCUT2D eigenvalue weighted by Gasteiger charge is -2.14. The van der Waals surface area contributed by atoms with Gasteiger partial charge in [-0.15, -0.1) is 0 Å². The summed E-state index contributed by atoms with van der Waals surface area (Å²) in [5.74, 6) is -1.41. The van der Waals surface area contributed by atoms with Gasteiger partial charge in [-0.1, -0.05) is 30.3 Å². The third-order valence-corrected chi connectivity index (χ3v) is 3.60. The summed E-state index contributed by atoms with van der Waals surface area (Å²) in [4.78, 5) is 39.3. The van der Waals surface area contributed by atoms with Crippen molar-refractivity contribution in [1.82, 2.24) is 10.3 Å². The Morgan fingerprint density at radius 3 is 2.73 bits per heavy atom. The van der Waals surface area contributed by atoms with E-state index in [1.54, 1.807) is 13.0 Å². The number of carbonyl (C=O) groups excluding carboxylic acids is 3. The number of primary amides is 1. The Labute approximate surface area is 151 Å². The normalized spacial score (nSPS) is 12.0. The number of nitrogens with zero attached hydrogens (tertiary/aromatic N) is 1. The zero-order valence-electron chi connectivity index (χ0n) is 14.5. The van der Waals surface area contributed by atoms with Crippen LogP contribution in [0.25, 0.3) is 10.9 Å². The minimum absolute atomic E-state index is 0.0727. The van der Waals surface area contributed by atoms with Gasteiger partial charge >= 0.3 is 5.97 Å². The number of rotatable bonds is 8. The van der Waals surface area contributed by atoms with Gasteiger partial charge in [-0.05, 0) is 25.5 Å². The molecule has 0 aliphatic carbocycles. The predicted molar refractivity (Wildman–Crippen MR) is 97.2 cm³/mol. The molecule has 0 aliphatic rings. The fourth-order valence-corrected chi connectivity index (χ4v) is 2.33. The summed E-state index contributed by atoms with van der Waals surface area (Å²) in [6.07, 6.45) is 3.05. The highest BCUT2D eigenvalue weighted by atomic mass is 16.5. The summed E-state index contributed by atoms with van der Waals surface area (Å²) in [6.45, 7) is 1.95. The van der Waals surface area contributed by atoms with Crippen LogP contribution in [0, 0.1) is 0 Å². The van der Waals surface area contributed by atoms with E-state index in [0.717, 1.165) is 5.39 Å². The van der Waals surface area contributed by atoms with Crippen molar-refractivity contribution >= 4 is 28.7 Å². The standard InChI is InChI=1S/C19H21N3O4/c1-2-26-18(24)12-9-14(8-11-17(20)23)21-19(25)16-10-7-13-5-3-4-6-15(13)22-16/h3-7,9-10,12,14H,2,8,11H2,1H3,(H2,20,23)(H,21,25)/t14-/m0/s1. The highest BCUT2D eigenvalue weighted by Gasteiger charge is 2.14. The summed E-state index contributed by atoms with van der Waals surface area (Å²) in [7, 11) is 0. The van der Waals surface area contributed by atoms with Crippen molar-refractivity contribution in [3.63, 3.8) is 0 Å². The molecule has 0 saturated carbocycles. The molecule has 2 amide bonds. The van der Waals surface area contributed by atoms with Crippen LogP contribution >= 0.6 is 0 Å². The Morgan fingerprint density at radius 2 is 2.00 bits per heavy atom. The average Bonchev–Trinajstić information content (AvgIpc) is 2.63. The Kier molecular flexibility index (Phi) is 6.84. The molecule has 0 aliphatic heterocycles. The Morgan fingerprint density at radius 1 is 1.23 bits per heavy atom. The maximum Gasteiger partial charge on any atom is 0.330 e. The molecule has 0 saturated heterocycles. The van der Waals surface area contributed by atoms with E-state index in [1.807, 2.05) is 30.3 Å². The quantitative estimate of drug-likeness (QED) is 0.553. The fraction of sp³-hybridized carbons (Fsp3) is 0.263. The van der Waals surface area contributed by atoms with E-state index in [9.17, 15) is 14.4 Å². The smallest absolute Gasteiger partial charge is 0.330 e. The van der Waals surface area contributed by atoms with Crippen molar-refractivity contribution in [2.75, 3.05) is 6.61 Å². The minimum atomic E-state index is -0.548. The zero-order chi connectivity index (χ0) is 18.9. The fourth-order valence-electron chi connectivity index (χ4n) is 2.33. The first-order chi connectivity index (χ1) is 12.5. The van der Waals surface area contributed by atoms with Gasteiger partial charge in [0.15, 0.2) is 0 Å². The number of amides is 2. The number of carbonyl (C=O) groups is 3. The Balaban J connectivity index is 2.12. The number of para-hydroxylation sites is 1. The molecule has 1 atom stereocenters. The van der Waals surface area contributed by atoms with Gasteiger partial charge in [0.25, 0.3) is 5.91 Å². The molecule has 0 unspecified atom stereocenters. The molecule has 0 bridgehead atoms. The number of benzene rings is 1. The molecule has 7 nitrogen and oxygen atoms in total. The molecule has 136 valence electrons. The SMILES string of the molecule is CCOC(=O)C=C[C@H](CCC(N)=O)NC(=O)c1ccc2ccccc2n1. The zero-order valence-corrected chi connectivity index (χ0v) is 14.5. The number of pyridine rings is 1. The minimum Gasteiger partial charge on any atom is -0.463 e. The molecular formula is C19H21N3O4. The summed E-state index contributed by atoms with van der Waals surface area (Å²) in [6, 6.07) is 10.3. The average molecular weight is 355 g/mol. The Hall–Kier alpha value is -3.22. The maximum absolute atomic E-state index is 12.5. The van der Waals surface area contributed by atoms with Crippen molar-refractivity contribution in [2.45, 2.75) is 25.8 Å². The topological polar surface area (TPSA) is 111 Å². The predicted octanol–water partition coefficient (Wildman–Crippen LogP) is 1.72. The van der Waals surface area contributed by atoms with E-state index in [0.29, 0.717) is 5.52 Å². The Bertz CT molecular complexity index is 832. The highest BCUT2D eigenvalue weighted by molar-refractivity contribution is 5.95. The second kappa shape index (κ2) is 9.31. The molecule has 0 fully saturated rings. The number of nitrogens with two attached hydrogens (primary N) is 1. The van der Waals surface area contributed by atoms with Gasteiger partial charge in [-0.25, -0.2) is 9.78 Å². The summed E-state index contributed by atoms with van der Waals surface area (Å²) in [5.41, 5.74) is 6.12. The molecule has 1 aromatic carbocycles. The van der Waals surface area contributed by atoms with Crippen molar-refractivity contribution in [3.8, 4) is 0 Å². The van der Waals surface area contributed by atoms with E-state index >= 15 is 0 Å². The molecule has 1 aromatic heterocycles. The van der Waals surface area contributed by atoms with Gasteiger partial charge in [-0.3, -0.25) is 9.59 Å². The van der Waals surface area contributed by atoms with Gasteiger partial charge in [-0.2, -0.15) is 0 Å². The van der Waals surface area contributed by atoms with Crippen LogP contribution in [0.3, 0.4) is 0 Å². The molecule has 3 N–H and O–H groups in total. The van der Waals surface area contributed by atoms with Crippen LogP contribution < -0.4 is 11.1 Å². The lowest BCUT2D eigenvalue weighted by molar-refractivity contribution is -0.137. The molecular weight excluding hydrogens is 334 g/mol. The van der Waals surface area contributed by atoms with E-state index in [4.69, 9.17) is 10.5 Å². The van der Waals surface area contributed by atoms with Crippen LogP contribution in [-0.2, 0) is 14.3 Å². The van der Waals surface area contributed by atoms with Gasteiger partial charge in [0.2, 0.25) is 5.91 Å². The van der Waals surface area contributed by atoms with E-state index < -0.39 is 23.8 Å². The van der Waals surface area contributed by atoms with E-state index in [1.165, 1.54) is 12.2 Å². The van der Waals surface area contributed by atoms with Crippen LogP contribution in [0.1, 0.15) is 30.3 Å². The first-order valence-corrected chi connectivity index (χ1v) is 8.29. The lowest BCUT2D eigenvalue weighted by atomic mass is 10.1. The van der Waals surface area contributed by atoms with Gasteiger partial charge < -0.3 is 15.8 Å². The molecule has 26 heavy (non-hydrogen) atoms. The van der Waals surface area contributed by atoms with Crippen molar-refractivity contribution in [1.29, 1.82) is 0 Å². The second-order valence-corrected chi connectivity index (χ2v) is 5.59. The molecule has 2 aromatic rings. The first kappa shape index (κ1) is 19.1. The summed E-state index contributed by atoms with van der Waals surface area (Å²) < 4.78 is 4.81. The van der Waals surface area contributed by atoms with Gasteiger partial charge in [0, 0.05) is 23.9 Å². The monoisotopic (exact) mass is 355 g/mol. The number of hydrogen-bond acceptors (Lipinski definition) is 5. The number of aromatic nitrogens is 1. The number of ether oxygens (including phenoxy) is 1. The number of fused-ring (bicyclic) bond motifs is 1. The van der Waals surface area contributed by atoms with Crippen LogP contribution in [0.5, 0.6) is 0 Å². The third kappa shape index (κ3) is 5.70. The van der Waals surface area contributed by atoms with Gasteiger partial charge in [0.1, 0.15) is 5.69 Å². The highest BCUT2D eigenvalue weighted by Crippen LogP contribution is 2.12. The molecule has 7 heteroatoms. The third-order valence-electron chi connectivity index (χ3n) is 3.60. The largest absolute Gasteiger partial charge is 0.463 e. The van der Waals surface area contributed by atoms with E-state index in [2.05, 4.69) is 10.3 Å². The number of hydrogen-bond donors (Lipinski definition) is 2. The summed E-state index contributed by atoms with van der Waals surface area (Å²) in [5, 5.41) is 3.67. The van der Waals surface area contributed by atoms with Crippen molar-refractivity contribution in [3.05, 3.63) is 54.2 Å². The van der Waals surface area contributed by atoms with Crippen LogP contribution in [0.15, 0.2) is 48.6 Å². The van der Waals surface area contributed by atoms with Gasteiger partial charge in [0.05, 0.1) is 12.1 Å². The first-order valence-electron chi connectivity index (χ1n) is 8.29.